The second-order valence-corrected chi connectivity index (χ2v) is 3.76. The molecule has 0 bridgehead atoms. The molecule has 1 aromatic rings. The summed E-state index contributed by atoms with van der Waals surface area (Å²) in [6, 6.07) is 4.45. The zero-order valence-corrected chi connectivity index (χ0v) is 7.53. The van der Waals surface area contributed by atoms with Crippen molar-refractivity contribution in [1.82, 2.24) is 4.57 Å². The Morgan fingerprint density at radius 2 is 2.33 bits per heavy atom. The standard InChI is InChI=1S/C10H16N2/c1-12-7-3-6-9(12)10(11)8-4-2-5-8/h3,6-8,10H,2,4-5,11H2,1H3. The van der Waals surface area contributed by atoms with Gasteiger partial charge in [-0.3, -0.25) is 0 Å². The second-order valence-electron chi connectivity index (χ2n) is 3.76. The van der Waals surface area contributed by atoms with E-state index in [0.717, 1.165) is 5.92 Å². The van der Waals surface area contributed by atoms with Gasteiger partial charge in [-0.2, -0.15) is 0 Å². The number of aromatic nitrogens is 1. The second kappa shape index (κ2) is 2.94. The molecule has 66 valence electrons. The molecule has 0 saturated heterocycles. The quantitative estimate of drug-likeness (QED) is 0.710. The molecule has 0 spiro atoms. The van der Waals surface area contributed by atoms with Crippen LogP contribution < -0.4 is 5.73 Å². The van der Waals surface area contributed by atoms with E-state index in [1.807, 2.05) is 0 Å². The highest BCUT2D eigenvalue weighted by atomic mass is 15.0. The van der Waals surface area contributed by atoms with Crippen molar-refractivity contribution in [2.75, 3.05) is 0 Å². The molecule has 1 atom stereocenters. The van der Waals surface area contributed by atoms with E-state index in [1.54, 1.807) is 0 Å². The van der Waals surface area contributed by atoms with E-state index in [2.05, 4.69) is 29.9 Å². The van der Waals surface area contributed by atoms with Crippen LogP contribution in [-0.4, -0.2) is 4.57 Å². The molecule has 0 aromatic carbocycles. The summed E-state index contributed by atoms with van der Waals surface area (Å²) in [5.74, 6) is 0.735. The van der Waals surface area contributed by atoms with Crippen LogP contribution in [0, 0.1) is 5.92 Å². The van der Waals surface area contributed by atoms with E-state index in [4.69, 9.17) is 5.73 Å². The molecule has 2 heteroatoms. The number of nitrogens with zero attached hydrogens (tertiary/aromatic N) is 1. The van der Waals surface area contributed by atoms with Crippen molar-refractivity contribution in [3.8, 4) is 0 Å². The van der Waals surface area contributed by atoms with Gasteiger partial charge in [0.25, 0.3) is 0 Å². The van der Waals surface area contributed by atoms with Gasteiger partial charge in [0, 0.05) is 25.0 Å². The topological polar surface area (TPSA) is 30.9 Å². The lowest BCUT2D eigenvalue weighted by Gasteiger charge is -2.31. The Kier molecular flexibility index (Phi) is 1.93. The predicted molar refractivity (Wildman–Crippen MR) is 49.7 cm³/mol. The van der Waals surface area contributed by atoms with Crippen LogP contribution in [0.1, 0.15) is 31.0 Å². The van der Waals surface area contributed by atoms with Gasteiger partial charge in [0.2, 0.25) is 0 Å². The van der Waals surface area contributed by atoms with Gasteiger partial charge in [-0.05, 0) is 30.9 Å². The average Bonchev–Trinajstić information content (AvgIpc) is 2.31. The maximum Gasteiger partial charge on any atom is 0.0478 e. The van der Waals surface area contributed by atoms with Gasteiger partial charge in [-0.15, -0.1) is 0 Å². The number of hydrogen-bond acceptors (Lipinski definition) is 1. The Morgan fingerprint density at radius 1 is 1.58 bits per heavy atom. The van der Waals surface area contributed by atoms with E-state index >= 15 is 0 Å². The summed E-state index contributed by atoms with van der Waals surface area (Å²) in [5, 5.41) is 0. The first-order valence-corrected chi connectivity index (χ1v) is 4.66. The number of rotatable bonds is 2. The SMILES string of the molecule is Cn1cccc1C(N)C1CCC1. The highest BCUT2D eigenvalue weighted by Crippen LogP contribution is 2.35. The molecular weight excluding hydrogens is 148 g/mol. The van der Waals surface area contributed by atoms with Gasteiger partial charge in [-0.25, -0.2) is 0 Å². The Balaban J connectivity index is 2.13. The Bertz CT molecular complexity index is 261. The van der Waals surface area contributed by atoms with E-state index < -0.39 is 0 Å². The van der Waals surface area contributed by atoms with Crippen molar-refractivity contribution in [2.24, 2.45) is 18.7 Å². The third-order valence-corrected chi connectivity index (χ3v) is 2.98. The zero-order chi connectivity index (χ0) is 8.55. The summed E-state index contributed by atoms with van der Waals surface area (Å²) < 4.78 is 2.13. The summed E-state index contributed by atoms with van der Waals surface area (Å²) in [7, 11) is 2.06. The third-order valence-electron chi connectivity index (χ3n) is 2.98. The average molecular weight is 164 g/mol. The lowest BCUT2D eigenvalue weighted by molar-refractivity contribution is 0.258. The van der Waals surface area contributed by atoms with Gasteiger partial charge >= 0.3 is 0 Å². The van der Waals surface area contributed by atoms with Gasteiger partial charge in [0.1, 0.15) is 0 Å². The Hall–Kier alpha value is -0.760. The summed E-state index contributed by atoms with van der Waals surface area (Å²) >= 11 is 0. The van der Waals surface area contributed by atoms with Crippen LogP contribution in [0.3, 0.4) is 0 Å². The number of aryl methyl sites for hydroxylation is 1. The highest BCUT2D eigenvalue weighted by Gasteiger charge is 2.26. The van der Waals surface area contributed by atoms with Crippen LogP contribution >= 0.6 is 0 Å². The van der Waals surface area contributed by atoms with Gasteiger partial charge in [-0.1, -0.05) is 6.42 Å². The minimum atomic E-state index is 0.263. The van der Waals surface area contributed by atoms with Gasteiger partial charge < -0.3 is 10.3 Å². The summed E-state index contributed by atoms with van der Waals surface area (Å²) in [6.45, 7) is 0. The maximum atomic E-state index is 6.12. The predicted octanol–water partition coefficient (Wildman–Crippen LogP) is 1.82. The third kappa shape index (κ3) is 1.16. The lowest BCUT2D eigenvalue weighted by atomic mass is 9.79. The molecule has 1 aromatic heterocycles. The van der Waals surface area contributed by atoms with Crippen LogP contribution in [0.25, 0.3) is 0 Å². The lowest BCUT2D eigenvalue weighted by Crippen LogP contribution is -2.28. The van der Waals surface area contributed by atoms with Gasteiger partial charge in [0.05, 0.1) is 0 Å². The van der Waals surface area contributed by atoms with Crippen LogP contribution in [0.2, 0.25) is 0 Å². The van der Waals surface area contributed by atoms with Crippen molar-refractivity contribution in [1.29, 1.82) is 0 Å². The molecule has 1 fully saturated rings. The van der Waals surface area contributed by atoms with Crippen molar-refractivity contribution in [3.05, 3.63) is 24.0 Å². The number of hydrogen-bond donors (Lipinski definition) is 1. The molecule has 0 amide bonds. The van der Waals surface area contributed by atoms with Gasteiger partial charge in [0.15, 0.2) is 0 Å². The molecule has 0 aliphatic heterocycles. The van der Waals surface area contributed by atoms with Crippen LogP contribution in [0.5, 0.6) is 0 Å². The molecule has 1 aliphatic rings. The number of nitrogens with two attached hydrogens (primary N) is 1. The zero-order valence-electron chi connectivity index (χ0n) is 7.53. The van der Waals surface area contributed by atoms with Crippen molar-refractivity contribution >= 4 is 0 Å². The molecule has 2 rings (SSSR count). The molecule has 0 radical (unpaired) electrons. The normalized spacial score (nSPS) is 20.5. The molecule has 1 heterocycles. The fraction of sp³-hybridized carbons (Fsp3) is 0.600. The smallest absolute Gasteiger partial charge is 0.0478 e. The summed E-state index contributed by atoms with van der Waals surface area (Å²) in [5.41, 5.74) is 7.40. The van der Waals surface area contributed by atoms with Crippen LogP contribution in [0.15, 0.2) is 18.3 Å². The Labute approximate surface area is 73.4 Å². The monoisotopic (exact) mass is 164 g/mol. The molecule has 1 saturated carbocycles. The van der Waals surface area contributed by atoms with Crippen LogP contribution in [0.4, 0.5) is 0 Å². The molecule has 12 heavy (non-hydrogen) atoms. The minimum absolute atomic E-state index is 0.263. The van der Waals surface area contributed by atoms with E-state index in [1.165, 1.54) is 25.0 Å². The van der Waals surface area contributed by atoms with Crippen LogP contribution in [-0.2, 0) is 7.05 Å². The minimum Gasteiger partial charge on any atom is -0.353 e. The summed E-state index contributed by atoms with van der Waals surface area (Å²) in [4.78, 5) is 0. The Morgan fingerprint density at radius 3 is 2.75 bits per heavy atom. The van der Waals surface area contributed by atoms with Crippen molar-refractivity contribution in [3.63, 3.8) is 0 Å². The molecular formula is C10H16N2. The molecule has 1 unspecified atom stereocenters. The fourth-order valence-electron chi connectivity index (χ4n) is 1.86. The molecule has 2 nitrogen and oxygen atoms in total. The first-order chi connectivity index (χ1) is 5.79. The first-order valence-electron chi connectivity index (χ1n) is 4.66. The first kappa shape index (κ1) is 7.87. The summed E-state index contributed by atoms with van der Waals surface area (Å²) in [6.07, 6.45) is 6.05. The van der Waals surface area contributed by atoms with E-state index in [-0.39, 0.29) is 6.04 Å². The fourth-order valence-corrected chi connectivity index (χ4v) is 1.86. The highest BCUT2D eigenvalue weighted by molar-refractivity contribution is 5.12. The maximum absolute atomic E-state index is 6.12. The molecule has 2 N–H and O–H groups in total. The van der Waals surface area contributed by atoms with E-state index in [0.29, 0.717) is 0 Å². The molecule has 1 aliphatic carbocycles. The van der Waals surface area contributed by atoms with E-state index in [9.17, 15) is 0 Å². The van der Waals surface area contributed by atoms with Crippen molar-refractivity contribution < 1.29 is 0 Å². The van der Waals surface area contributed by atoms with Crippen molar-refractivity contribution in [2.45, 2.75) is 25.3 Å². The largest absolute Gasteiger partial charge is 0.353 e.